The topological polar surface area (TPSA) is 62.5 Å². The molecular formula is C14H19N5O. The van der Waals surface area contributed by atoms with Gasteiger partial charge in [0.1, 0.15) is 5.82 Å². The zero-order chi connectivity index (χ0) is 14.3. The summed E-state index contributed by atoms with van der Waals surface area (Å²) >= 11 is 0. The maximum Gasteiger partial charge on any atom is 0.226 e. The summed E-state index contributed by atoms with van der Waals surface area (Å²) < 4.78 is 1.82. The second-order valence-corrected chi connectivity index (χ2v) is 5.62. The minimum Gasteiger partial charge on any atom is -0.355 e. The van der Waals surface area contributed by atoms with Crippen LogP contribution in [-0.4, -0.2) is 39.6 Å². The molecule has 0 aromatic carbocycles. The minimum atomic E-state index is 0.0662. The molecule has 1 N–H and O–H groups in total. The first kappa shape index (κ1) is 12.9. The van der Waals surface area contributed by atoms with Gasteiger partial charge in [0, 0.05) is 37.0 Å². The van der Waals surface area contributed by atoms with E-state index in [0.29, 0.717) is 0 Å². The van der Waals surface area contributed by atoms with Gasteiger partial charge in [0.2, 0.25) is 5.91 Å². The Morgan fingerprint density at radius 1 is 1.45 bits per heavy atom. The molecule has 20 heavy (non-hydrogen) atoms. The Bertz CT molecular complexity index is 642. The SMILES string of the molecule is Cc1cc(N2CC(C(=O)NC(C)C)C2)n2nccc2n1. The molecule has 6 nitrogen and oxygen atoms in total. The van der Waals surface area contributed by atoms with E-state index in [-0.39, 0.29) is 17.9 Å². The van der Waals surface area contributed by atoms with Crippen molar-refractivity contribution in [1.29, 1.82) is 0 Å². The first-order valence-electron chi connectivity index (χ1n) is 6.91. The van der Waals surface area contributed by atoms with Gasteiger partial charge in [-0.2, -0.15) is 9.61 Å². The second-order valence-electron chi connectivity index (χ2n) is 5.62. The molecule has 6 heteroatoms. The van der Waals surface area contributed by atoms with Crippen LogP contribution in [0.2, 0.25) is 0 Å². The summed E-state index contributed by atoms with van der Waals surface area (Å²) in [5.74, 6) is 1.21. The van der Waals surface area contributed by atoms with Gasteiger partial charge in [-0.15, -0.1) is 0 Å². The molecule has 1 aliphatic rings. The van der Waals surface area contributed by atoms with Crippen molar-refractivity contribution in [2.24, 2.45) is 5.92 Å². The first-order chi connectivity index (χ1) is 9.54. The summed E-state index contributed by atoms with van der Waals surface area (Å²) in [6, 6.07) is 4.09. The number of anilines is 1. The van der Waals surface area contributed by atoms with E-state index in [9.17, 15) is 4.79 Å². The third-order valence-electron chi connectivity index (χ3n) is 3.48. The van der Waals surface area contributed by atoms with Crippen LogP contribution < -0.4 is 10.2 Å². The number of carbonyl (C=O) groups excluding carboxylic acids is 1. The average molecular weight is 273 g/mol. The number of carbonyl (C=O) groups is 1. The number of aryl methyl sites for hydroxylation is 1. The fraction of sp³-hybridized carbons (Fsp3) is 0.500. The van der Waals surface area contributed by atoms with Crippen LogP contribution in [0, 0.1) is 12.8 Å². The monoisotopic (exact) mass is 273 g/mol. The molecular weight excluding hydrogens is 254 g/mol. The Balaban J connectivity index is 1.75. The molecule has 1 fully saturated rings. The van der Waals surface area contributed by atoms with Gasteiger partial charge >= 0.3 is 0 Å². The highest BCUT2D eigenvalue weighted by Gasteiger charge is 2.34. The summed E-state index contributed by atoms with van der Waals surface area (Å²) in [5, 5.41) is 7.25. The molecule has 0 unspecified atom stereocenters. The molecule has 2 aromatic rings. The van der Waals surface area contributed by atoms with Crippen molar-refractivity contribution < 1.29 is 4.79 Å². The molecule has 2 aromatic heterocycles. The Kier molecular flexibility index (Phi) is 3.08. The quantitative estimate of drug-likeness (QED) is 0.906. The van der Waals surface area contributed by atoms with Gasteiger partial charge < -0.3 is 10.2 Å². The van der Waals surface area contributed by atoms with E-state index < -0.39 is 0 Å². The summed E-state index contributed by atoms with van der Waals surface area (Å²) in [4.78, 5) is 18.5. The fourth-order valence-electron chi connectivity index (χ4n) is 2.48. The number of rotatable bonds is 3. The maximum absolute atomic E-state index is 11.9. The smallest absolute Gasteiger partial charge is 0.226 e. The molecule has 0 aliphatic carbocycles. The third-order valence-corrected chi connectivity index (χ3v) is 3.48. The van der Waals surface area contributed by atoms with E-state index >= 15 is 0 Å². The van der Waals surface area contributed by atoms with Crippen molar-refractivity contribution in [3.05, 3.63) is 24.0 Å². The fourth-order valence-corrected chi connectivity index (χ4v) is 2.48. The summed E-state index contributed by atoms with van der Waals surface area (Å²) in [7, 11) is 0. The summed E-state index contributed by atoms with van der Waals surface area (Å²) in [6.45, 7) is 7.40. The van der Waals surface area contributed by atoms with Crippen molar-refractivity contribution >= 4 is 17.4 Å². The standard InChI is InChI=1S/C14H19N5O/c1-9(2)16-14(20)11-7-18(8-11)13-6-10(3)17-12-4-5-15-19(12)13/h4-6,9,11H,7-8H2,1-3H3,(H,16,20). The average Bonchev–Trinajstić information content (AvgIpc) is 2.73. The highest BCUT2D eigenvalue weighted by Crippen LogP contribution is 2.25. The van der Waals surface area contributed by atoms with Crippen LogP contribution in [-0.2, 0) is 4.79 Å². The molecule has 3 heterocycles. The molecule has 0 saturated carbocycles. The van der Waals surface area contributed by atoms with Crippen molar-refractivity contribution in [3.63, 3.8) is 0 Å². The predicted octanol–water partition coefficient (Wildman–Crippen LogP) is 0.999. The van der Waals surface area contributed by atoms with Gasteiger partial charge in [-0.25, -0.2) is 4.98 Å². The van der Waals surface area contributed by atoms with Crippen molar-refractivity contribution in [3.8, 4) is 0 Å². The molecule has 0 spiro atoms. The number of hydrogen-bond donors (Lipinski definition) is 1. The van der Waals surface area contributed by atoms with E-state index in [1.807, 2.05) is 37.4 Å². The number of hydrogen-bond acceptors (Lipinski definition) is 4. The Morgan fingerprint density at radius 3 is 2.90 bits per heavy atom. The van der Waals surface area contributed by atoms with Crippen LogP contribution in [0.15, 0.2) is 18.3 Å². The first-order valence-corrected chi connectivity index (χ1v) is 6.91. The largest absolute Gasteiger partial charge is 0.355 e. The highest BCUT2D eigenvalue weighted by atomic mass is 16.2. The lowest BCUT2D eigenvalue weighted by Crippen LogP contribution is -2.55. The van der Waals surface area contributed by atoms with Crippen molar-refractivity contribution in [1.82, 2.24) is 19.9 Å². The summed E-state index contributed by atoms with van der Waals surface area (Å²) in [6.07, 6.45) is 1.74. The molecule has 0 radical (unpaired) electrons. The molecule has 1 saturated heterocycles. The molecule has 3 rings (SSSR count). The zero-order valence-corrected chi connectivity index (χ0v) is 12.0. The van der Waals surface area contributed by atoms with Crippen molar-refractivity contribution in [2.45, 2.75) is 26.8 Å². The van der Waals surface area contributed by atoms with Gasteiger partial charge in [-0.1, -0.05) is 0 Å². The minimum absolute atomic E-state index is 0.0662. The van der Waals surface area contributed by atoms with Gasteiger partial charge in [0.05, 0.1) is 12.1 Å². The Morgan fingerprint density at radius 2 is 2.20 bits per heavy atom. The van der Waals surface area contributed by atoms with Gasteiger partial charge in [-0.3, -0.25) is 4.79 Å². The normalized spacial score (nSPS) is 15.7. The van der Waals surface area contributed by atoms with Crippen LogP contribution in [0.25, 0.3) is 5.65 Å². The van der Waals surface area contributed by atoms with E-state index in [2.05, 4.69) is 20.3 Å². The molecule has 1 amide bonds. The molecule has 1 aliphatic heterocycles. The van der Waals surface area contributed by atoms with Gasteiger partial charge in [0.15, 0.2) is 5.65 Å². The van der Waals surface area contributed by atoms with Crippen LogP contribution >= 0.6 is 0 Å². The lowest BCUT2D eigenvalue weighted by atomic mass is 9.99. The summed E-state index contributed by atoms with van der Waals surface area (Å²) in [5.41, 5.74) is 1.80. The van der Waals surface area contributed by atoms with Crippen LogP contribution in [0.4, 0.5) is 5.82 Å². The molecule has 0 atom stereocenters. The third kappa shape index (κ3) is 2.21. The van der Waals surface area contributed by atoms with Crippen LogP contribution in [0.3, 0.4) is 0 Å². The van der Waals surface area contributed by atoms with Crippen LogP contribution in [0.5, 0.6) is 0 Å². The van der Waals surface area contributed by atoms with E-state index in [1.165, 1.54) is 0 Å². The van der Waals surface area contributed by atoms with Crippen LogP contribution in [0.1, 0.15) is 19.5 Å². The number of fused-ring (bicyclic) bond motifs is 1. The number of nitrogens with zero attached hydrogens (tertiary/aromatic N) is 4. The lowest BCUT2D eigenvalue weighted by molar-refractivity contribution is -0.126. The van der Waals surface area contributed by atoms with Crippen molar-refractivity contribution in [2.75, 3.05) is 18.0 Å². The number of aromatic nitrogens is 3. The van der Waals surface area contributed by atoms with Gasteiger partial charge in [0.25, 0.3) is 0 Å². The molecule has 0 bridgehead atoms. The number of nitrogens with one attached hydrogen (secondary N) is 1. The Labute approximate surface area is 117 Å². The predicted molar refractivity (Wildman–Crippen MR) is 76.7 cm³/mol. The Hall–Kier alpha value is -2.11. The van der Waals surface area contributed by atoms with Gasteiger partial charge in [-0.05, 0) is 20.8 Å². The maximum atomic E-state index is 11.9. The molecule has 106 valence electrons. The lowest BCUT2D eigenvalue weighted by Gasteiger charge is -2.40. The second kappa shape index (κ2) is 4.77. The van der Waals surface area contributed by atoms with E-state index in [4.69, 9.17) is 0 Å². The van der Waals surface area contributed by atoms with E-state index in [0.717, 1.165) is 30.2 Å². The number of amides is 1. The zero-order valence-electron chi connectivity index (χ0n) is 12.0. The highest BCUT2D eigenvalue weighted by molar-refractivity contribution is 5.82. The van der Waals surface area contributed by atoms with E-state index in [1.54, 1.807) is 6.20 Å².